The zero-order valence-electron chi connectivity index (χ0n) is 10.6. The smallest absolute Gasteiger partial charge is 0.284 e. The molecular weight excluding hydrogens is 267 g/mol. The van der Waals surface area contributed by atoms with Gasteiger partial charge >= 0.3 is 0 Å². The highest BCUT2D eigenvalue weighted by Crippen LogP contribution is 2.16. The van der Waals surface area contributed by atoms with Crippen molar-refractivity contribution in [1.29, 1.82) is 0 Å². The number of nitrogens with zero attached hydrogens (tertiary/aromatic N) is 3. The Balaban J connectivity index is 2.07. The fraction of sp³-hybridized carbons (Fsp3) is 0.250. The van der Waals surface area contributed by atoms with Crippen molar-refractivity contribution in [3.63, 3.8) is 0 Å². The van der Waals surface area contributed by atoms with Crippen LogP contribution in [0.15, 0.2) is 24.3 Å². The molecule has 5 nitrogen and oxygen atoms in total. The van der Waals surface area contributed by atoms with Crippen LogP contribution in [0.25, 0.3) is 0 Å². The molecule has 0 aliphatic heterocycles. The molecule has 0 aliphatic carbocycles. The molecular formula is C12H13FN4OS. The van der Waals surface area contributed by atoms with Gasteiger partial charge in [0.2, 0.25) is 10.1 Å². The minimum atomic E-state index is -0.313. The van der Waals surface area contributed by atoms with Crippen molar-refractivity contribution in [2.45, 2.75) is 6.54 Å². The highest BCUT2D eigenvalue weighted by molar-refractivity contribution is 7.17. The largest absolute Gasteiger partial charge is 0.363 e. The van der Waals surface area contributed by atoms with E-state index < -0.39 is 0 Å². The van der Waals surface area contributed by atoms with Gasteiger partial charge in [0, 0.05) is 20.6 Å². The molecule has 2 rings (SSSR count). The quantitative estimate of drug-likeness (QED) is 0.930. The zero-order valence-corrected chi connectivity index (χ0v) is 11.4. The molecule has 1 N–H and O–H groups in total. The highest BCUT2D eigenvalue weighted by Gasteiger charge is 2.17. The number of nitrogens with one attached hydrogen (secondary N) is 1. The van der Waals surface area contributed by atoms with Crippen molar-refractivity contribution in [2.24, 2.45) is 0 Å². The molecule has 0 fully saturated rings. The Labute approximate surface area is 114 Å². The van der Waals surface area contributed by atoms with Gasteiger partial charge in [-0.25, -0.2) is 4.39 Å². The van der Waals surface area contributed by atoms with Crippen molar-refractivity contribution in [2.75, 3.05) is 19.4 Å². The summed E-state index contributed by atoms with van der Waals surface area (Å²) >= 11 is 1.18. The van der Waals surface area contributed by atoms with E-state index in [0.717, 1.165) is 5.56 Å². The van der Waals surface area contributed by atoms with Gasteiger partial charge in [-0.05, 0) is 17.7 Å². The van der Waals surface area contributed by atoms with E-state index in [2.05, 4.69) is 15.5 Å². The average molecular weight is 280 g/mol. The van der Waals surface area contributed by atoms with E-state index in [-0.39, 0.29) is 11.7 Å². The minimum Gasteiger partial charge on any atom is -0.363 e. The van der Waals surface area contributed by atoms with Crippen LogP contribution in [0.1, 0.15) is 15.4 Å². The molecule has 0 aliphatic rings. The number of hydrogen-bond acceptors (Lipinski definition) is 5. The van der Waals surface area contributed by atoms with Crippen molar-refractivity contribution < 1.29 is 9.18 Å². The summed E-state index contributed by atoms with van der Waals surface area (Å²) < 4.78 is 13.1. The van der Waals surface area contributed by atoms with Gasteiger partial charge in [-0.1, -0.05) is 23.5 Å². The second-order valence-corrected chi connectivity index (χ2v) is 4.93. The number of carbonyl (C=O) groups excluding carboxylic acids is 1. The summed E-state index contributed by atoms with van der Waals surface area (Å²) in [7, 11) is 3.36. The zero-order chi connectivity index (χ0) is 13.8. The third-order valence-corrected chi connectivity index (χ3v) is 3.41. The van der Waals surface area contributed by atoms with Crippen molar-refractivity contribution in [3.8, 4) is 0 Å². The van der Waals surface area contributed by atoms with Crippen molar-refractivity contribution >= 4 is 22.4 Å². The van der Waals surface area contributed by atoms with E-state index in [1.165, 1.54) is 28.4 Å². The Bertz CT molecular complexity index is 587. The van der Waals surface area contributed by atoms with Crippen LogP contribution in [0.3, 0.4) is 0 Å². The van der Waals surface area contributed by atoms with Gasteiger partial charge in [-0.15, -0.1) is 10.2 Å². The van der Waals surface area contributed by atoms with E-state index >= 15 is 0 Å². The molecule has 0 spiro atoms. The second kappa shape index (κ2) is 5.75. The molecule has 0 radical (unpaired) electrons. The lowest BCUT2D eigenvalue weighted by atomic mass is 10.2. The number of anilines is 1. The number of aromatic nitrogens is 2. The number of carbonyl (C=O) groups is 1. The summed E-state index contributed by atoms with van der Waals surface area (Å²) in [5.74, 6) is -0.546. The van der Waals surface area contributed by atoms with E-state index in [4.69, 9.17) is 0 Å². The van der Waals surface area contributed by atoms with Crippen LogP contribution in [0.2, 0.25) is 0 Å². The SMILES string of the molecule is CNc1nnc(C(=O)N(C)Cc2cccc(F)c2)s1. The maximum Gasteiger partial charge on any atom is 0.284 e. The van der Waals surface area contributed by atoms with Gasteiger partial charge in [0.1, 0.15) is 5.82 Å². The standard InChI is InChI=1S/C12H13FN4OS/c1-14-12-16-15-10(19-12)11(18)17(2)7-8-4-3-5-9(13)6-8/h3-6H,7H2,1-2H3,(H,14,16). The normalized spacial score (nSPS) is 10.3. The summed E-state index contributed by atoms with van der Waals surface area (Å²) in [6.45, 7) is 0.324. The molecule has 2 aromatic rings. The maximum atomic E-state index is 13.1. The topological polar surface area (TPSA) is 58.1 Å². The summed E-state index contributed by atoms with van der Waals surface area (Å²) in [5.41, 5.74) is 0.731. The molecule has 1 aromatic carbocycles. The van der Waals surface area contributed by atoms with Gasteiger partial charge in [0.25, 0.3) is 5.91 Å². The van der Waals surface area contributed by atoms with Crippen LogP contribution in [0, 0.1) is 5.82 Å². The van der Waals surface area contributed by atoms with Crippen LogP contribution in [-0.4, -0.2) is 35.1 Å². The second-order valence-electron chi connectivity index (χ2n) is 3.95. The Morgan fingerprint density at radius 2 is 2.26 bits per heavy atom. The summed E-state index contributed by atoms with van der Waals surface area (Å²) in [6, 6.07) is 6.16. The third-order valence-electron chi connectivity index (χ3n) is 2.48. The number of hydrogen-bond donors (Lipinski definition) is 1. The Kier molecular flexibility index (Phi) is 4.06. The lowest BCUT2D eigenvalue weighted by Crippen LogP contribution is -2.26. The molecule has 1 aromatic heterocycles. The third kappa shape index (κ3) is 3.25. The van der Waals surface area contributed by atoms with Crippen molar-refractivity contribution in [1.82, 2.24) is 15.1 Å². The number of benzene rings is 1. The summed E-state index contributed by atoms with van der Waals surface area (Å²) in [5, 5.41) is 11.3. The molecule has 19 heavy (non-hydrogen) atoms. The predicted molar refractivity (Wildman–Crippen MR) is 71.7 cm³/mol. The van der Waals surface area contributed by atoms with Crippen LogP contribution in [0.5, 0.6) is 0 Å². The number of rotatable bonds is 4. The van der Waals surface area contributed by atoms with E-state index in [1.807, 2.05) is 0 Å². The molecule has 100 valence electrons. The van der Waals surface area contributed by atoms with Gasteiger partial charge in [-0.2, -0.15) is 0 Å². The molecule has 0 unspecified atom stereocenters. The Hall–Kier alpha value is -2.02. The fourth-order valence-corrected chi connectivity index (χ4v) is 2.25. The number of amides is 1. The van der Waals surface area contributed by atoms with Crippen LogP contribution < -0.4 is 5.32 Å². The average Bonchev–Trinajstić information content (AvgIpc) is 2.86. The lowest BCUT2D eigenvalue weighted by molar-refractivity contribution is 0.0783. The fourth-order valence-electron chi connectivity index (χ4n) is 1.55. The van der Waals surface area contributed by atoms with Crippen LogP contribution in [-0.2, 0) is 6.54 Å². The first-order chi connectivity index (χ1) is 9.10. The van der Waals surface area contributed by atoms with Gasteiger partial charge in [0.15, 0.2) is 0 Å². The van der Waals surface area contributed by atoms with Crippen LogP contribution in [0.4, 0.5) is 9.52 Å². The van der Waals surface area contributed by atoms with Gasteiger partial charge in [-0.3, -0.25) is 4.79 Å². The lowest BCUT2D eigenvalue weighted by Gasteiger charge is -2.15. The summed E-state index contributed by atoms with van der Waals surface area (Å²) in [4.78, 5) is 13.6. The first-order valence-electron chi connectivity index (χ1n) is 5.61. The highest BCUT2D eigenvalue weighted by atomic mass is 32.1. The molecule has 1 heterocycles. The van der Waals surface area contributed by atoms with E-state index in [0.29, 0.717) is 16.7 Å². The molecule has 0 saturated heterocycles. The van der Waals surface area contributed by atoms with Gasteiger partial charge in [0.05, 0.1) is 0 Å². The Morgan fingerprint density at radius 3 is 2.89 bits per heavy atom. The minimum absolute atomic E-state index is 0.233. The van der Waals surface area contributed by atoms with E-state index in [1.54, 1.807) is 26.2 Å². The van der Waals surface area contributed by atoms with E-state index in [9.17, 15) is 9.18 Å². The molecule has 0 atom stereocenters. The number of halogens is 1. The molecule has 0 saturated carbocycles. The summed E-state index contributed by atoms with van der Waals surface area (Å²) in [6.07, 6.45) is 0. The molecule has 0 bridgehead atoms. The predicted octanol–water partition coefficient (Wildman–Crippen LogP) is 1.99. The first-order valence-corrected chi connectivity index (χ1v) is 6.43. The van der Waals surface area contributed by atoms with Crippen molar-refractivity contribution in [3.05, 3.63) is 40.7 Å². The monoisotopic (exact) mass is 280 g/mol. The molecule has 1 amide bonds. The maximum absolute atomic E-state index is 13.1. The van der Waals surface area contributed by atoms with Gasteiger partial charge < -0.3 is 10.2 Å². The van der Waals surface area contributed by atoms with Crippen LogP contribution >= 0.6 is 11.3 Å². The molecule has 7 heteroatoms. The first kappa shape index (κ1) is 13.4. The Morgan fingerprint density at radius 1 is 1.47 bits per heavy atom.